The normalized spacial score (nSPS) is 10.4. The van der Waals surface area contributed by atoms with Crippen LogP contribution in [0.1, 0.15) is 27.2 Å². The van der Waals surface area contributed by atoms with Crippen LogP contribution in [0.3, 0.4) is 0 Å². The molecule has 1 aromatic heterocycles. The monoisotopic (exact) mass is 260 g/mol. The topological polar surface area (TPSA) is 87.7 Å². The van der Waals surface area contributed by atoms with Gasteiger partial charge in [-0.3, -0.25) is 0 Å². The molecule has 2 aromatic rings. The fourth-order valence-corrected chi connectivity index (χ4v) is 1.87. The van der Waals surface area contributed by atoms with Gasteiger partial charge in [0.1, 0.15) is 17.1 Å². The Balaban J connectivity index is 2.55. The largest absolute Gasteiger partial charge is 0.506 e. The van der Waals surface area contributed by atoms with Crippen LogP contribution in [0.25, 0.3) is 0 Å². The van der Waals surface area contributed by atoms with E-state index in [-0.39, 0.29) is 23.3 Å². The highest BCUT2D eigenvalue weighted by Crippen LogP contribution is 2.24. The summed E-state index contributed by atoms with van der Waals surface area (Å²) in [5, 5.41) is 18.9. The molecular weight excluding hydrogens is 248 g/mol. The molecule has 0 bridgehead atoms. The van der Waals surface area contributed by atoms with E-state index in [4.69, 9.17) is 9.52 Å². The second-order valence-corrected chi connectivity index (χ2v) is 4.12. The Morgan fingerprint density at radius 3 is 2.47 bits per heavy atom. The summed E-state index contributed by atoms with van der Waals surface area (Å²) in [5.74, 6) is -1.95. The molecule has 2 rings (SSSR count). The minimum Gasteiger partial charge on any atom is -0.506 e. The number of carboxylic acids is 1. The first-order chi connectivity index (χ1) is 9.00. The molecule has 19 heavy (non-hydrogen) atoms. The van der Waals surface area contributed by atoms with Crippen LogP contribution in [-0.2, 0) is 6.42 Å². The first-order valence-electron chi connectivity index (χ1n) is 5.63. The smallest absolute Gasteiger partial charge is 0.343 e. The Morgan fingerprint density at radius 2 is 1.89 bits per heavy atom. The molecular formula is C14H12O5. The number of aromatic carboxylic acids is 1. The Labute approximate surface area is 108 Å². The molecule has 1 heterocycles. The van der Waals surface area contributed by atoms with Gasteiger partial charge in [0, 0.05) is 6.42 Å². The zero-order valence-corrected chi connectivity index (χ0v) is 10.2. The standard InChI is InChI=1S/C14H12O5/c1-8-11(13(16)17)12(15)10(14(18)19-8)7-9-5-3-2-4-6-9/h2-6,15H,7H2,1H3,(H,16,17). The maximum atomic E-state index is 11.7. The summed E-state index contributed by atoms with van der Waals surface area (Å²) in [6.45, 7) is 1.33. The summed E-state index contributed by atoms with van der Waals surface area (Å²) in [6, 6.07) is 8.96. The third-order valence-corrected chi connectivity index (χ3v) is 2.80. The number of aromatic hydroxyl groups is 1. The SMILES string of the molecule is Cc1oc(=O)c(Cc2ccccc2)c(O)c1C(=O)O. The summed E-state index contributed by atoms with van der Waals surface area (Å²) in [7, 11) is 0. The van der Waals surface area contributed by atoms with Gasteiger partial charge in [-0.15, -0.1) is 0 Å². The molecule has 0 radical (unpaired) electrons. The zero-order valence-electron chi connectivity index (χ0n) is 10.2. The van der Waals surface area contributed by atoms with E-state index < -0.39 is 17.3 Å². The minimum atomic E-state index is -1.33. The van der Waals surface area contributed by atoms with Gasteiger partial charge in [0.25, 0.3) is 0 Å². The van der Waals surface area contributed by atoms with Crippen molar-refractivity contribution >= 4 is 5.97 Å². The predicted octanol–water partition coefficient (Wildman–Crippen LogP) is 1.94. The zero-order chi connectivity index (χ0) is 14.0. The van der Waals surface area contributed by atoms with Crippen molar-refractivity contribution in [2.45, 2.75) is 13.3 Å². The van der Waals surface area contributed by atoms with Crippen molar-refractivity contribution in [2.24, 2.45) is 0 Å². The van der Waals surface area contributed by atoms with Crippen LogP contribution in [0.15, 0.2) is 39.5 Å². The molecule has 5 heteroatoms. The average Bonchev–Trinajstić information content (AvgIpc) is 2.35. The first-order valence-corrected chi connectivity index (χ1v) is 5.63. The number of hydrogen-bond donors (Lipinski definition) is 2. The van der Waals surface area contributed by atoms with Crippen LogP contribution in [0, 0.1) is 6.92 Å². The van der Waals surface area contributed by atoms with Crippen LogP contribution in [0.5, 0.6) is 5.75 Å². The first kappa shape index (κ1) is 12.9. The second kappa shape index (κ2) is 4.97. The molecule has 0 aliphatic heterocycles. The minimum absolute atomic E-state index is 0.0470. The average molecular weight is 260 g/mol. The van der Waals surface area contributed by atoms with Crippen molar-refractivity contribution < 1.29 is 19.4 Å². The highest BCUT2D eigenvalue weighted by Gasteiger charge is 2.22. The lowest BCUT2D eigenvalue weighted by molar-refractivity contribution is 0.0688. The summed E-state index contributed by atoms with van der Waals surface area (Å²) in [5.41, 5.74) is -0.353. The Morgan fingerprint density at radius 1 is 1.26 bits per heavy atom. The molecule has 0 unspecified atom stereocenters. The van der Waals surface area contributed by atoms with Gasteiger partial charge in [0.2, 0.25) is 0 Å². The summed E-state index contributed by atoms with van der Waals surface area (Å²) in [6.07, 6.45) is 0.121. The van der Waals surface area contributed by atoms with E-state index in [1.54, 1.807) is 24.3 Å². The van der Waals surface area contributed by atoms with Gasteiger partial charge in [-0.1, -0.05) is 30.3 Å². The van der Waals surface area contributed by atoms with Crippen LogP contribution in [0.4, 0.5) is 0 Å². The van der Waals surface area contributed by atoms with E-state index in [0.29, 0.717) is 0 Å². The van der Waals surface area contributed by atoms with Gasteiger partial charge >= 0.3 is 11.6 Å². The van der Waals surface area contributed by atoms with Gasteiger partial charge in [-0.2, -0.15) is 0 Å². The second-order valence-electron chi connectivity index (χ2n) is 4.12. The fraction of sp³-hybridized carbons (Fsp3) is 0.143. The Kier molecular flexibility index (Phi) is 3.37. The lowest BCUT2D eigenvalue weighted by Crippen LogP contribution is -2.14. The maximum Gasteiger partial charge on any atom is 0.343 e. The molecule has 0 spiro atoms. The highest BCUT2D eigenvalue weighted by molar-refractivity contribution is 5.92. The molecule has 0 amide bonds. The van der Waals surface area contributed by atoms with Crippen LogP contribution < -0.4 is 5.63 Å². The van der Waals surface area contributed by atoms with E-state index in [0.717, 1.165) is 5.56 Å². The number of benzene rings is 1. The Bertz CT molecular complexity index is 670. The van der Waals surface area contributed by atoms with Crippen LogP contribution >= 0.6 is 0 Å². The molecule has 5 nitrogen and oxygen atoms in total. The summed E-state index contributed by atoms with van der Waals surface area (Å²) >= 11 is 0. The van der Waals surface area contributed by atoms with E-state index in [1.165, 1.54) is 6.92 Å². The van der Waals surface area contributed by atoms with Crippen molar-refractivity contribution in [3.63, 3.8) is 0 Å². The lowest BCUT2D eigenvalue weighted by Gasteiger charge is -2.07. The van der Waals surface area contributed by atoms with Crippen molar-refractivity contribution in [2.75, 3.05) is 0 Å². The van der Waals surface area contributed by atoms with E-state index in [9.17, 15) is 14.7 Å². The van der Waals surface area contributed by atoms with E-state index in [2.05, 4.69) is 0 Å². The quantitative estimate of drug-likeness (QED) is 0.880. The van der Waals surface area contributed by atoms with Gasteiger partial charge in [0.05, 0.1) is 5.56 Å². The molecule has 0 aliphatic carbocycles. The fourth-order valence-electron chi connectivity index (χ4n) is 1.87. The summed E-state index contributed by atoms with van der Waals surface area (Å²) in [4.78, 5) is 22.8. The maximum absolute atomic E-state index is 11.7. The number of hydrogen-bond acceptors (Lipinski definition) is 4. The van der Waals surface area contributed by atoms with Crippen molar-refractivity contribution in [3.8, 4) is 5.75 Å². The molecule has 2 N–H and O–H groups in total. The number of aryl methyl sites for hydroxylation is 1. The van der Waals surface area contributed by atoms with Crippen molar-refractivity contribution in [3.05, 3.63) is 63.2 Å². The van der Waals surface area contributed by atoms with E-state index in [1.807, 2.05) is 6.07 Å². The van der Waals surface area contributed by atoms with Gasteiger partial charge < -0.3 is 14.6 Å². The van der Waals surface area contributed by atoms with Crippen LogP contribution in [0.2, 0.25) is 0 Å². The molecule has 0 atom stereocenters. The lowest BCUT2D eigenvalue weighted by atomic mass is 10.0. The summed E-state index contributed by atoms with van der Waals surface area (Å²) < 4.78 is 4.86. The molecule has 0 saturated heterocycles. The third kappa shape index (κ3) is 2.49. The number of rotatable bonds is 3. The van der Waals surface area contributed by atoms with Crippen molar-refractivity contribution in [1.29, 1.82) is 0 Å². The number of carbonyl (C=O) groups is 1. The number of carboxylic acid groups (broad SMARTS) is 1. The predicted molar refractivity (Wildman–Crippen MR) is 67.6 cm³/mol. The van der Waals surface area contributed by atoms with Gasteiger partial charge in [-0.05, 0) is 12.5 Å². The molecule has 98 valence electrons. The van der Waals surface area contributed by atoms with Crippen LogP contribution in [-0.4, -0.2) is 16.2 Å². The molecule has 1 aromatic carbocycles. The highest BCUT2D eigenvalue weighted by atomic mass is 16.4. The van der Waals surface area contributed by atoms with Crippen molar-refractivity contribution in [1.82, 2.24) is 0 Å². The Hall–Kier alpha value is -2.56. The molecule has 0 saturated carbocycles. The molecule has 0 fully saturated rings. The molecule has 0 aliphatic rings. The van der Waals surface area contributed by atoms with Gasteiger partial charge in [0.15, 0.2) is 0 Å². The third-order valence-electron chi connectivity index (χ3n) is 2.80. The van der Waals surface area contributed by atoms with E-state index >= 15 is 0 Å². The van der Waals surface area contributed by atoms with Gasteiger partial charge in [-0.25, -0.2) is 9.59 Å².